The Labute approximate surface area is 107 Å². The number of rotatable bonds is 5. The number of benzene rings is 1. The summed E-state index contributed by atoms with van der Waals surface area (Å²) in [7, 11) is 0. The van der Waals surface area contributed by atoms with Gasteiger partial charge in [-0.2, -0.15) is 0 Å². The Morgan fingerprint density at radius 3 is 2.67 bits per heavy atom. The van der Waals surface area contributed by atoms with E-state index in [4.69, 9.17) is 34.8 Å². The SMILES string of the molecule is CCC(Cl)CCCc1cc(Cl)ccc1Cl. The average Bonchev–Trinajstić information content (AvgIpc) is 2.23. The van der Waals surface area contributed by atoms with Crippen molar-refractivity contribution in [2.24, 2.45) is 0 Å². The van der Waals surface area contributed by atoms with Crippen LogP contribution in [-0.2, 0) is 6.42 Å². The van der Waals surface area contributed by atoms with E-state index in [0.717, 1.165) is 41.3 Å². The third-order valence-corrected chi connectivity index (χ3v) is 3.54. The second-order valence-electron chi connectivity index (χ2n) is 3.63. The molecule has 15 heavy (non-hydrogen) atoms. The van der Waals surface area contributed by atoms with E-state index in [9.17, 15) is 0 Å². The maximum Gasteiger partial charge on any atom is 0.0439 e. The van der Waals surface area contributed by atoms with Crippen molar-refractivity contribution in [1.29, 1.82) is 0 Å². The minimum Gasteiger partial charge on any atom is -0.123 e. The van der Waals surface area contributed by atoms with Crippen LogP contribution < -0.4 is 0 Å². The summed E-state index contributed by atoms with van der Waals surface area (Å²) < 4.78 is 0. The van der Waals surface area contributed by atoms with Crippen molar-refractivity contribution in [1.82, 2.24) is 0 Å². The second-order valence-corrected chi connectivity index (χ2v) is 5.09. The number of aryl methyl sites for hydroxylation is 1. The molecule has 0 aliphatic rings. The molecule has 0 saturated carbocycles. The van der Waals surface area contributed by atoms with Crippen LogP contribution in [0.2, 0.25) is 10.0 Å². The zero-order valence-electron chi connectivity index (χ0n) is 8.77. The lowest BCUT2D eigenvalue weighted by Crippen LogP contribution is -1.97. The topological polar surface area (TPSA) is 0 Å². The predicted octanol–water partition coefficient (Wildman–Crippen LogP) is 5.33. The molecule has 0 spiro atoms. The summed E-state index contributed by atoms with van der Waals surface area (Å²) in [6, 6.07) is 5.58. The summed E-state index contributed by atoms with van der Waals surface area (Å²) in [5, 5.41) is 1.82. The maximum atomic E-state index is 6.05. The maximum absolute atomic E-state index is 6.05. The van der Waals surface area contributed by atoms with Gasteiger partial charge in [-0.15, -0.1) is 11.6 Å². The monoisotopic (exact) mass is 264 g/mol. The molecule has 1 unspecified atom stereocenters. The Balaban J connectivity index is 2.46. The van der Waals surface area contributed by atoms with Crippen LogP contribution in [0.3, 0.4) is 0 Å². The minimum atomic E-state index is 0.281. The normalized spacial score (nSPS) is 12.8. The molecule has 1 atom stereocenters. The van der Waals surface area contributed by atoms with Crippen molar-refractivity contribution in [2.45, 2.75) is 38.0 Å². The molecule has 0 radical (unpaired) electrons. The van der Waals surface area contributed by atoms with Crippen molar-refractivity contribution in [3.8, 4) is 0 Å². The highest BCUT2D eigenvalue weighted by Gasteiger charge is 2.04. The van der Waals surface area contributed by atoms with Gasteiger partial charge in [-0.3, -0.25) is 0 Å². The Hall–Kier alpha value is 0.0900. The molecule has 1 aromatic rings. The van der Waals surface area contributed by atoms with Crippen LogP contribution in [-0.4, -0.2) is 5.38 Å². The van der Waals surface area contributed by atoms with Crippen LogP contribution in [0.25, 0.3) is 0 Å². The van der Waals surface area contributed by atoms with Gasteiger partial charge in [0.15, 0.2) is 0 Å². The van der Waals surface area contributed by atoms with Gasteiger partial charge in [-0.05, 0) is 49.4 Å². The molecule has 0 aliphatic heterocycles. The fourth-order valence-corrected chi connectivity index (χ4v) is 2.01. The highest BCUT2D eigenvalue weighted by atomic mass is 35.5. The minimum absolute atomic E-state index is 0.281. The van der Waals surface area contributed by atoms with Crippen LogP contribution >= 0.6 is 34.8 Å². The van der Waals surface area contributed by atoms with E-state index in [1.54, 1.807) is 0 Å². The Kier molecular flexibility index (Phi) is 5.81. The third-order valence-electron chi connectivity index (χ3n) is 2.41. The van der Waals surface area contributed by atoms with E-state index >= 15 is 0 Å². The molecule has 0 aliphatic carbocycles. The number of halogens is 3. The lowest BCUT2D eigenvalue weighted by atomic mass is 10.1. The van der Waals surface area contributed by atoms with Crippen LogP contribution in [0.1, 0.15) is 31.7 Å². The summed E-state index contributed by atoms with van der Waals surface area (Å²) >= 11 is 18.0. The molecule has 84 valence electrons. The average molecular weight is 266 g/mol. The van der Waals surface area contributed by atoms with Gasteiger partial charge in [0, 0.05) is 15.4 Å². The lowest BCUT2D eigenvalue weighted by Gasteiger charge is -2.07. The van der Waals surface area contributed by atoms with E-state index in [0.29, 0.717) is 0 Å². The van der Waals surface area contributed by atoms with Gasteiger partial charge >= 0.3 is 0 Å². The summed E-state index contributed by atoms with van der Waals surface area (Å²) in [5.74, 6) is 0. The molecule has 0 nitrogen and oxygen atoms in total. The Morgan fingerprint density at radius 2 is 2.00 bits per heavy atom. The van der Waals surface area contributed by atoms with Crippen LogP contribution in [0.5, 0.6) is 0 Å². The van der Waals surface area contributed by atoms with Crippen molar-refractivity contribution >= 4 is 34.8 Å². The van der Waals surface area contributed by atoms with E-state index in [-0.39, 0.29) is 5.38 Å². The molecular formula is C12H15Cl3. The molecule has 1 aromatic carbocycles. The van der Waals surface area contributed by atoms with Gasteiger partial charge in [-0.25, -0.2) is 0 Å². The molecule has 0 fully saturated rings. The van der Waals surface area contributed by atoms with Gasteiger partial charge in [0.05, 0.1) is 0 Å². The molecular weight excluding hydrogens is 250 g/mol. The fraction of sp³-hybridized carbons (Fsp3) is 0.500. The molecule has 0 amide bonds. The van der Waals surface area contributed by atoms with E-state index in [2.05, 4.69) is 6.92 Å². The van der Waals surface area contributed by atoms with Gasteiger partial charge in [0.1, 0.15) is 0 Å². The summed E-state index contributed by atoms with van der Waals surface area (Å²) in [5.41, 5.74) is 1.11. The standard InChI is InChI=1S/C12H15Cl3/c1-2-10(13)5-3-4-9-8-11(14)6-7-12(9)15/h6-8,10H,2-5H2,1H3. The molecule has 0 aromatic heterocycles. The Bertz CT molecular complexity index is 310. The summed E-state index contributed by atoms with van der Waals surface area (Å²) in [6.45, 7) is 2.10. The smallest absolute Gasteiger partial charge is 0.0439 e. The van der Waals surface area contributed by atoms with Gasteiger partial charge < -0.3 is 0 Å². The lowest BCUT2D eigenvalue weighted by molar-refractivity contribution is 0.675. The quantitative estimate of drug-likeness (QED) is 0.631. The first-order valence-electron chi connectivity index (χ1n) is 5.21. The van der Waals surface area contributed by atoms with Crippen LogP contribution in [0.4, 0.5) is 0 Å². The van der Waals surface area contributed by atoms with E-state index in [1.807, 2.05) is 18.2 Å². The zero-order chi connectivity index (χ0) is 11.3. The predicted molar refractivity (Wildman–Crippen MR) is 69.3 cm³/mol. The molecule has 3 heteroatoms. The summed E-state index contributed by atoms with van der Waals surface area (Å²) in [6.07, 6.45) is 4.05. The van der Waals surface area contributed by atoms with E-state index < -0.39 is 0 Å². The Morgan fingerprint density at radius 1 is 1.27 bits per heavy atom. The second kappa shape index (κ2) is 6.62. The van der Waals surface area contributed by atoms with E-state index in [1.165, 1.54) is 0 Å². The summed E-state index contributed by atoms with van der Waals surface area (Å²) in [4.78, 5) is 0. The zero-order valence-corrected chi connectivity index (χ0v) is 11.0. The third kappa shape index (κ3) is 4.63. The fourth-order valence-electron chi connectivity index (χ4n) is 1.45. The number of hydrogen-bond acceptors (Lipinski definition) is 0. The highest BCUT2D eigenvalue weighted by Crippen LogP contribution is 2.23. The van der Waals surface area contributed by atoms with Gasteiger partial charge in [-0.1, -0.05) is 30.1 Å². The van der Waals surface area contributed by atoms with Crippen LogP contribution in [0, 0.1) is 0 Å². The van der Waals surface area contributed by atoms with Gasteiger partial charge in [0.25, 0.3) is 0 Å². The molecule has 0 bridgehead atoms. The van der Waals surface area contributed by atoms with Crippen molar-refractivity contribution in [2.75, 3.05) is 0 Å². The van der Waals surface area contributed by atoms with Crippen molar-refractivity contribution in [3.05, 3.63) is 33.8 Å². The molecule has 0 saturated heterocycles. The molecule has 1 rings (SSSR count). The van der Waals surface area contributed by atoms with Crippen molar-refractivity contribution in [3.63, 3.8) is 0 Å². The first-order valence-corrected chi connectivity index (χ1v) is 6.40. The largest absolute Gasteiger partial charge is 0.123 e. The number of hydrogen-bond donors (Lipinski definition) is 0. The van der Waals surface area contributed by atoms with Crippen LogP contribution in [0.15, 0.2) is 18.2 Å². The molecule has 0 heterocycles. The van der Waals surface area contributed by atoms with Crippen molar-refractivity contribution < 1.29 is 0 Å². The molecule has 0 N–H and O–H groups in total. The number of alkyl halides is 1. The highest BCUT2D eigenvalue weighted by molar-refractivity contribution is 6.33. The first kappa shape index (κ1) is 13.2. The first-order chi connectivity index (χ1) is 7.13. The van der Waals surface area contributed by atoms with Gasteiger partial charge in [0.2, 0.25) is 0 Å².